The molecule has 1 nitrogen and oxygen atoms in total. The maximum absolute atomic E-state index is 13.9. The molecule has 0 saturated carbocycles. The fourth-order valence-corrected chi connectivity index (χ4v) is 2.42. The highest BCUT2D eigenvalue weighted by Gasteiger charge is 2.32. The van der Waals surface area contributed by atoms with Crippen molar-refractivity contribution < 1.29 is 17.6 Å². The molecule has 5 heteroatoms. The molecule has 0 radical (unpaired) electrons. The second kappa shape index (κ2) is 7.07. The lowest BCUT2D eigenvalue weighted by molar-refractivity contribution is -0.137. The number of nitrogens with one attached hydrogen (secondary N) is 1. The molecule has 0 aliphatic heterocycles. The monoisotopic (exact) mass is 291 g/mol. The maximum atomic E-state index is 13.9. The van der Waals surface area contributed by atoms with Gasteiger partial charge in [-0.25, -0.2) is 4.39 Å². The third-order valence-electron chi connectivity index (χ3n) is 3.40. The van der Waals surface area contributed by atoms with E-state index in [9.17, 15) is 17.6 Å². The predicted octanol–water partition coefficient (Wildman–Crippen LogP) is 4.93. The largest absolute Gasteiger partial charge is 0.416 e. The zero-order valence-corrected chi connectivity index (χ0v) is 12.0. The van der Waals surface area contributed by atoms with Gasteiger partial charge in [0.1, 0.15) is 5.82 Å². The van der Waals surface area contributed by atoms with Crippen LogP contribution < -0.4 is 5.32 Å². The van der Waals surface area contributed by atoms with E-state index in [0.29, 0.717) is 6.54 Å². The summed E-state index contributed by atoms with van der Waals surface area (Å²) in [6.07, 6.45) is -2.72. The van der Waals surface area contributed by atoms with Gasteiger partial charge in [-0.2, -0.15) is 13.2 Å². The van der Waals surface area contributed by atoms with Gasteiger partial charge in [0.2, 0.25) is 0 Å². The number of benzene rings is 1. The number of alkyl halides is 3. The summed E-state index contributed by atoms with van der Waals surface area (Å²) in [4.78, 5) is 0. The average molecular weight is 291 g/mol. The standard InChI is InChI=1S/C15H21F4N/c1-4-6-10(3)14(20-5-2)12-9-11(15(17,18)19)7-8-13(12)16/h7-10,14,20H,4-6H2,1-3H3. The quantitative estimate of drug-likeness (QED) is 0.733. The molecule has 1 N–H and O–H groups in total. The van der Waals surface area contributed by atoms with E-state index in [1.807, 2.05) is 20.8 Å². The molecule has 1 aromatic carbocycles. The van der Waals surface area contributed by atoms with E-state index in [1.54, 1.807) is 0 Å². The molecule has 20 heavy (non-hydrogen) atoms. The van der Waals surface area contributed by atoms with Crippen LogP contribution in [0.4, 0.5) is 17.6 Å². The SMILES string of the molecule is CCCC(C)C(NCC)c1cc(C(F)(F)F)ccc1F. The maximum Gasteiger partial charge on any atom is 0.416 e. The number of hydrogen-bond donors (Lipinski definition) is 1. The summed E-state index contributed by atoms with van der Waals surface area (Å²) < 4.78 is 52.2. The van der Waals surface area contributed by atoms with Gasteiger partial charge in [-0.15, -0.1) is 0 Å². The van der Waals surface area contributed by atoms with Gasteiger partial charge in [0.05, 0.1) is 5.56 Å². The van der Waals surface area contributed by atoms with Gasteiger partial charge in [0, 0.05) is 11.6 Å². The van der Waals surface area contributed by atoms with E-state index in [4.69, 9.17) is 0 Å². The highest BCUT2D eigenvalue weighted by Crippen LogP contribution is 2.34. The molecule has 0 bridgehead atoms. The van der Waals surface area contributed by atoms with Crippen LogP contribution in [0.3, 0.4) is 0 Å². The fraction of sp³-hybridized carbons (Fsp3) is 0.600. The number of halogens is 4. The second-order valence-corrected chi connectivity index (χ2v) is 5.04. The normalized spacial score (nSPS) is 15.2. The molecule has 0 spiro atoms. The van der Waals surface area contributed by atoms with Crippen molar-refractivity contribution in [2.24, 2.45) is 5.92 Å². The summed E-state index contributed by atoms with van der Waals surface area (Å²) in [5, 5.41) is 3.10. The minimum absolute atomic E-state index is 0.0675. The van der Waals surface area contributed by atoms with Crippen molar-refractivity contribution in [1.29, 1.82) is 0 Å². The van der Waals surface area contributed by atoms with Crippen LogP contribution in [0.5, 0.6) is 0 Å². The zero-order valence-electron chi connectivity index (χ0n) is 12.0. The summed E-state index contributed by atoms with van der Waals surface area (Å²) >= 11 is 0. The molecule has 0 heterocycles. The predicted molar refractivity (Wildman–Crippen MR) is 71.9 cm³/mol. The van der Waals surface area contributed by atoms with E-state index in [-0.39, 0.29) is 11.5 Å². The zero-order chi connectivity index (χ0) is 15.3. The Bertz CT molecular complexity index is 428. The minimum atomic E-state index is -4.45. The van der Waals surface area contributed by atoms with Crippen LogP contribution in [0, 0.1) is 11.7 Å². The van der Waals surface area contributed by atoms with Crippen molar-refractivity contribution in [3.8, 4) is 0 Å². The lowest BCUT2D eigenvalue weighted by Crippen LogP contribution is -2.28. The highest BCUT2D eigenvalue weighted by atomic mass is 19.4. The van der Waals surface area contributed by atoms with Crippen LogP contribution in [0.2, 0.25) is 0 Å². The van der Waals surface area contributed by atoms with Gasteiger partial charge in [-0.1, -0.05) is 27.2 Å². The van der Waals surface area contributed by atoms with E-state index in [2.05, 4.69) is 5.32 Å². The molecule has 2 atom stereocenters. The summed E-state index contributed by atoms with van der Waals surface area (Å²) in [6.45, 7) is 6.37. The Morgan fingerprint density at radius 3 is 2.35 bits per heavy atom. The first kappa shape index (κ1) is 17.0. The molecule has 0 aliphatic carbocycles. The van der Waals surface area contributed by atoms with E-state index in [1.165, 1.54) is 0 Å². The van der Waals surface area contributed by atoms with Crippen LogP contribution in [0.15, 0.2) is 18.2 Å². The molecule has 0 amide bonds. The summed E-state index contributed by atoms with van der Waals surface area (Å²) in [7, 11) is 0. The van der Waals surface area contributed by atoms with Gasteiger partial charge < -0.3 is 5.32 Å². The Morgan fingerprint density at radius 2 is 1.85 bits per heavy atom. The van der Waals surface area contributed by atoms with Gasteiger partial charge >= 0.3 is 6.18 Å². The molecular formula is C15H21F4N. The smallest absolute Gasteiger partial charge is 0.310 e. The van der Waals surface area contributed by atoms with Crippen LogP contribution >= 0.6 is 0 Å². The Kier molecular flexibility index (Phi) is 5.99. The Balaban J connectivity index is 3.18. The van der Waals surface area contributed by atoms with Crippen LogP contribution in [-0.2, 0) is 6.18 Å². The minimum Gasteiger partial charge on any atom is -0.310 e. The molecule has 1 rings (SSSR count). The molecule has 0 aliphatic rings. The van der Waals surface area contributed by atoms with Crippen molar-refractivity contribution in [3.05, 3.63) is 35.1 Å². The molecule has 0 saturated heterocycles. The topological polar surface area (TPSA) is 12.0 Å². The molecular weight excluding hydrogens is 270 g/mol. The Morgan fingerprint density at radius 1 is 1.20 bits per heavy atom. The van der Waals surface area contributed by atoms with Crippen LogP contribution in [0.1, 0.15) is 50.8 Å². The highest BCUT2D eigenvalue weighted by molar-refractivity contribution is 5.30. The molecule has 2 unspecified atom stereocenters. The van der Waals surface area contributed by atoms with Gasteiger partial charge in [-0.3, -0.25) is 0 Å². The van der Waals surface area contributed by atoms with E-state index >= 15 is 0 Å². The fourth-order valence-electron chi connectivity index (χ4n) is 2.42. The third-order valence-corrected chi connectivity index (χ3v) is 3.40. The van der Waals surface area contributed by atoms with Crippen molar-refractivity contribution in [1.82, 2.24) is 5.32 Å². The van der Waals surface area contributed by atoms with Crippen LogP contribution in [-0.4, -0.2) is 6.54 Å². The Hall–Kier alpha value is -1.10. The van der Waals surface area contributed by atoms with E-state index < -0.39 is 23.6 Å². The number of hydrogen-bond acceptors (Lipinski definition) is 1. The molecule has 0 aromatic heterocycles. The molecule has 0 fully saturated rings. The first-order valence-corrected chi connectivity index (χ1v) is 6.91. The van der Waals surface area contributed by atoms with Crippen molar-refractivity contribution in [2.45, 2.75) is 45.8 Å². The van der Waals surface area contributed by atoms with Crippen molar-refractivity contribution in [3.63, 3.8) is 0 Å². The molecule has 114 valence electrons. The summed E-state index contributed by atoms with van der Waals surface area (Å²) in [5.41, 5.74) is -0.705. The second-order valence-electron chi connectivity index (χ2n) is 5.04. The van der Waals surface area contributed by atoms with E-state index in [0.717, 1.165) is 31.0 Å². The van der Waals surface area contributed by atoms with Gasteiger partial charge in [0.25, 0.3) is 0 Å². The Labute approximate surface area is 117 Å². The first-order valence-electron chi connectivity index (χ1n) is 6.91. The summed E-state index contributed by atoms with van der Waals surface area (Å²) in [5.74, 6) is -0.523. The lowest BCUT2D eigenvalue weighted by Gasteiger charge is -2.26. The van der Waals surface area contributed by atoms with Gasteiger partial charge in [0.15, 0.2) is 0 Å². The van der Waals surface area contributed by atoms with Gasteiger partial charge in [-0.05, 0) is 37.1 Å². The van der Waals surface area contributed by atoms with Crippen LogP contribution in [0.25, 0.3) is 0 Å². The van der Waals surface area contributed by atoms with Crippen molar-refractivity contribution in [2.75, 3.05) is 6.54 Å². The summed E-state index contributed by atoms with van der Waals surface area (Å²) in [6, 6.07) is 2.21. The number of rotatable bonds is 6. The van der Waals surface area contributed by atoms with Crippen molar-refractivity contribution >= 4 is 0 Å². The lowest BCUT2D eigenvalue weighted by atomic mass is 9.89. The average Bonchev–Trinajstić information content (AvgIpc) is 2.35. The first-order chi connectivity index (χ1) is 9.31. The third kappa shape index (κ3) is 4.20. The molecule has 1 aromatic rings.